The highest BCUT2D eigenvalue weighted by Gasteiger charge is 2.39. The molecule has 3 rings (SSSR count). The fourth-order valence-electron chi connectivity index (χ4n) is 3.46. The quantitative estimate of drug-likeness (QED) is 0.881. The fraction of sp³-hybridized carbons (Fsp3) is 0.867. The minimum absolute atomic E-state index is 0. The molecule has 3 heterocycles. The summed E-state index contributed by atoms with van der Waals surface area (Å²) in [5.74, 6) is 1.51. The molecular weight excluding hydrogens is 339 g/mol. The van der Waals surface area contributed by atoms with Crippen LogP contribution in [-0.2, 0) is 17.7 Å². The first kappa shape index (κ1) is 20.6. The van der Waals surface area contributed by atoms with Gasteiger partial charge in [0.15, 0.2) is 5.82 Å². The van der Waals surface area contributed by atoms with Crippen LogP contribution in [0.15, 0.2) is 4.52 Å². The molecule has 0 aromatic carbocycles. The molecule has 0 saturated carbocycles. The number of aromatic nitrogens is 2. The van der Waals surface area contributed by atoms with E-state index in [1.165, 1.54) is 0 Å². The Hall–Kier alpha value is -0.400. The predicted octanol–water partition coefficient (Wildman–Crippen LogP) is 2.21. The first-order valence-corrected chi connectivity index (χ1v) is 8.07. The van der Waals surface area contributed by atoms with Crippen molar-refractivity contribution < 1.29 is 9.26 Å². The third-order valence-corrected chi connectivity index (χ3v) is 4.81. The molecule has 0 radical (unpaired) electrons. The van der Waals surface area contributed by atoms with Crippen LogP contribution >= 0.6 is 24.8 Å². The van der Waals surface area contributed by atoms with Crippen molar-refractivity contribution in [2.45, 2.75) is 57.2 Å². The van der Waals surface area contributed by atoms with Crippen LogP contribution in [0.3, 0.4) is 0 Å². The minimum Gasteiger partial charge on any atom is -0.375 e. The Balaban J connectivity index is 0.00000132. The summed E-state index contributed by atoms with van der Waals surface area (Å²) in [6.07, 6.45) is 5.25. The van der Waals surface area contributed by atoms with E-state index in [9.17, 15) is 0 Å². The van der Waals surface area contributed by atoms with Gasteiger partial charge in [0, 0.05) is 19.1 Å². The largest absolute Gasteiger partial charge is 0.375 e. The number of nitrogens with zero attached hydrogens (tertiary/aromatic N) is 3. The molecule has 2 saturated heterocycles. The van der Waals surface area contributed by atoms with E-state index in [1.807, 2.05) is 6.92 Å². The fourth-order valence-corrected chi connectivity index (χ4v) is 3.46. The lowest BCUT2D eigenvalue weighted by Gasteiger charge is -2.45. The zero-order chi connectivity index (χ0) is 14.7. The van der Waals surface area contributed by atoms with Crippen molar-refractivity contribution in [1.29, 1.82) is 0 Å². The molecule has 1 aromatic heterocycles. The highest BCUT2D eigenvalue weighted by Crippen LogP contribution is 2.34. The summed E-state index contributed by atoms with van der Waals surface area (Å²) in [6, 6.07) is 0.542. The van der Waals surface area contributed by atoms with Gasteiger partial charge in [-0.15, -0.1) is 24.8 Å². The number of hydrogen-bond donors (Lipinski definition) is 1. The lowest BCUT2D eigenvalue weighted by Crippen LogP contribution is -2.52. The lowest BCUT2D eigenvalue weighted by molar-refractivity contribution is -0.119. The molecule has 134 valence electrons. The normalized spacial score (nSPS) is 23.3. The van der Waals surface area contributed by atoms with Gasteiger partial charge in [0.25, 0.3) is 0 Å². The van der Waals surface area contributed by atoms with Gasteiger partial charge in [-0.3, -0.25) is 4.90 Å². The van der Waals surface area contributed by atoms with Gasteiger partial charge in [-0.1, -0.05) is 12.1 Å². The standard InChI is InChI=1S/C15H26N4O2.2ClH/c1-3-14-17-13(18-21-14)11-19(2)12-4-9-20-15(10-12)5-7-16-8-6-15;;/h12,16H,3-11H2,1-2H3;2*1H. The second kappa shape index (κ2) is 9.18. The second-order valence-corrected chi connectivity index (χ2v) is 6.30. The number of ether oxygens (including phenoxy) is 1. The monoisotopic (exact) mass is 366 g/mol. The maximum atomic E-state index is 6.14. The molecule has 6 nitrogen and oxygen atoms in total. The summed E-state index contributed by atoms with van der Waals surface area (Å²) in [7, 11) is 2.16. The third-order valence-electron chi connectivity index (χ3n) is 4.81. The van der Waals surface area contributed by atoms with Crippen LogP contribution in [0.5, 0.6) is 0 Å². The molecule has 1 atom stereocenters. The van der Waals surface area contributed by atoms with Crippen LogP contribution in [0.25, 0.3) is 0 Å². The minimum atomic E-state index is 0. The van der Waals surface area contributed by atoms with Gasteiger partial charge in [0.05, 0.1) is 12.1 Å². The zero-order valence-electron chi connectivity index (χ0n) is 13.9. The van der Waals surface area contributed by atoms with E-state index in [2.05, 4.69) is 27.4 Å². The van der Waals surface area contributed by atoms with E-state index in [-0.39, 0.29) is 30.4 Å². The second-order valence-electron chi connectivity index (χ2n) is 6.30. The molecule has 1 aromatic rings. The number of rotatable bonds is 4. The first-order chi connectivity index (χ1) is 10.2. The molecule has 23 heavy (non-hydrogen) atoms. The van der Waals surface area contributed by atoms with Crippen LogP contribution in [-0.4, -0.2) is 53.4 Å². The van der Waals surface area contributed by atoms with E-state index < -0.39 is 0 Å². The van der Waals surface area contributed by atoms with Crippen molar-refractivity contribution in [3.8, 4) is 0 Å². The average Bonchev–Trinajstić information content (AvgIpc) is 2.96. The topological polar surface area (TPSA) is 63.4 Å². The predicted molar refractivity (Wildman–Crippen MR) is 93.4 cm³/mol. The molecular formula is C15H28Cl2N4O2. The Kier molecular flexibility index (Phi) is 8.24. The SMILES string of the molecule is CCc1nc(CN(C)C2CCOC3(CCNCC3)C2)no1.Cl.Cl. The average molecular weight is 367 g/mol. The van der Waals surface area contributed by atoms with Crippen molar-refractivity contribution >= 4 is 24.8 Å². The van der Waals surface area contributed by atoms with Crippen molar-refractivity contribution in [3.63, 3.8) is 0 Å². The summed E-state index contributed by atoms with van der Waals surface area (Å²) in [5, 5.41) is 7.48. The summed E-state index contributed by atoms with van der Waals surface area (Å²) >= 11 is 0. The Morgan fingerprint density at radius 3 is 2.70 bits per heavy atom. The lowest BCUT2D eigenvalue weighted by atomic mass is 9.82. The highest BCUT2D eigenvalue weighted by atomic mass is 35.5. The van der Waals surface area contributed by atoms with Crippen molar-refractivity contribution in [1.82, 2.24) is 20.4 Å². The highest BCUT2D eigenvalue weighted by molar-refractivity contribution is 5.85. The van der Waals surface area contributed by atoms with E-state index in [0.29, 0.717) is 6.04 Å². The van der Waals surface area contributed by atoms with Crippen molar-refractivity contribution in [3.05, 3.63) is 11.7 Å². The molecule has 2 fully saturated rings. The molecule has 1 unspecified atom stereocenters. The van der Waals surface area contributed by atoms with E-state index in [1.54, 1.807) is 0 Å². The molecule has 1 N–H and O–H groups in total. The van der Waals surface area contributed by atoms with Crippen LogP contribution in [0.1, 0.15) is 44.3 Å². The third kappa shape index (κ3) is 5.03. The summed E-state index contributed by atoms with van der Waals surface area (Å²) in [6.45, 7) is 5.78. The molecule has 0 bridgehead atoms. The smallest absolute Gasteiger partial charge is 0.226 e. The Bertz CT molecular complexity index is 461. The summed E-state index contributed by atoms with van der Waals surface area (Å²) < 4.78 is 11.3. The molecule has 0 amide bonds. The number of piperidine rings is 1. The van der Waals surface area contributed by atoms with Crippen molar-refractivity contribution in [2.75, 3.05) is 26.7 Å². The van der Waals surface area contributed by atoms with Crippen LogP contribution in [0.4, 0.5) is 0 Å². The Morgan fingerprint density at radius 2 is 2.04 bits per heavy atom. The Morgan fingerprint density at radius 1 is 1.30 bits per heavy atom. The van der Waals surface area contributed by atoms with Gasteiger partial charge in [-0.25, -0.2) is 0 Å². The Labute approximate surface area is 150 Å². The molecule has 0 aliphatic carbocycles. The van der Waals surface area contributed by atoms with E-state index in [4.69, 9.17) is 9.26 Å². The van der Waals surface area contributed by atoms with Gasteiger partial charge in [-0.05, 0) is 45.8 Å². The van der Waals surface area contributed by atoms with Crippen LogP contribution < -0.4 is 5.32 Å². The molecule has 8 heteroatoms. The number of nitrogens with one attached hydrogen (secondary N) is 1. The van der Waals surface area contributed by atoms with E-state index >= 15 is 0 Å². The van der Waals surface area contributed by atoms with Gasteiger partial charge in [0.1, 0.15) is 0 Å². The van der Waals surface area contributed by atoms with Gasteiger partial charge < -0.3 is 14.6 Å². The number of halogens is 2. The number of aryl methyl sites for hydroxylation is 1. The maximum absolute atomic E-state index is 6.14. The maximum Gasteiger partial charge on any atom is 0.226 e. The van der Waals surface area contributed by atoms with Gasteiger partial charge >= 0.3 is 0 Å². The zero-order valence-corrected chi connectivity index (χ0v) is 15.5. The first-order valence-electron chi connectivity index (χ1n) is 8.07. The molecule has 2 aliphatic rings. The summed E-state index contributed by atoms with van der Waals surface area (Å²) in [5.41, 5.74) is 0.0915. The van der Waals surface area contributed by atoms with E-state index in [0.717, 1.165) is 70.1 Å². The van der Waals surface area contributed by atoms with Crippen LogP contribution in [0.2, 0.25) is 0 Å². The molecule has 1 spiro atoms. The van der Waals surface area contributed by atoms with Crippen molar-refractivity contribution in [2.24, 2.45) is 0 Å². The molecule has 2 aliphatic heterocycles. The van der Waals surface area contributed by atoms with Crippen LogP contribution in [0, 0.1) is 0 Å². The number of hydrogen-bond acceptors (Lipinski definition) is 6. The summed E-state index contributed by atoms with van der Waals surface area (Å²) in [4.78, 5) is 6.76. The van der Waals surface area contributed by atoms with Gasteiger partial charge in [-0.2, -0.15) is 4.98 Å². The van der Waals surface area contributed by atoms with Gasteiger partial charge in [0.2, 0.25) is 5.89 Å².